The SMILES string of the molecule is CC1(C)CN(CCCCO)CCN1. The monoisotopic (exact) mass is 186 g/mol. The van der Waals surface area contributed by atoms with Crippen LogP contribution in [0.5, 0.6) is 0 Å². The van der Waals surface area contributed by atoms with Gasteiger partial charge in [0.25, 0.3) is 0 Å². The Morgan fingerprint density at radius 3 is 2.77 bits per heavy atom. The summed E-state index contributed by atoms with van der Waals surface area (Å²) in [5.41, 5.74) is 0.261. The number of aliphatic hydroxyl groups excluding tert-OH is 1. The van der Waals surface area contributed by atoms with Gasteiger partial charge in [-0.05, 0) is 33.2 Å². The summed E-state index contributed by atoms with van der Waals surface area (Å²) < 4.78 is 0. The van der Waals surface area contributed by atoms with Gasteiger partial charge in [0.15, 0.2) is 0 Å². The van der Waals surface area contributed by atoms with Gasteiger partial charge < -0.3 is 15.3 Å². The second kappa shape index (κ2) is 4.94. The quantitative estimate of drug-likeness (QED) is 0.626. The molecule has 1 aliphatic rings. The molecule has 0 aromatic rings. The average Bonchev–Trinajstić information content (AvgIpc) is 2.03. The Morgan fingerprint density at radius 2 is 2.15 bits per heavy atom. The molecule has 0 saturated carbocycles. The van der Waals surface area contributed by atoms with Gasteiger partial charge in [-0.25, -0.2) is 0 Å². The van der Waals surface area contributed by atoms with Crippen LogP contribution in [0.3, 0.4) is 0 Å². The molecule has 0 unspecified atom stereocenters. The molecule has 1 fully saturated rings. The molecule has 3 nitrogen and oxygen atoms in total. The van der Waals surface area contributed by atoms with Crippen LogP contribution in [0.2, 0.25) is 0 Å². The highest BCUT2D eigenvalue weighted by Gasteiger charge is 2.24. The van der Waals surface area contributed by atoms with E-state index in [9.17, 15) is 0 Å². The third kappa shape index (κ3) is 4.07. The predicted octanol–water partition coefficient (Wildman–Crippen LogP) is 0.443. The van der Waals surface area contributed by atoms with E-state index < -0.39 is 0 Å². The molecule has 13 heavy (non-hydrogen) atoms. The lowest BCUT2D eigenvalue weighted by Gasteiger charge is -2.39. The summed E-state index contributed by atoms with van der Waals surface area (Å²) in [4.78, 5) is 2.48. The molecule has 2 N–H and O–H groups in total. The Bertz CT molecular complexity index is 148. The van der Waals surface area contributed by atoms with Gasteiger partial charge in [0.05, 0.1) is 0 Å². The highest BCUT2D eigenvalue weighted by Crippen LogP contribution is 2.10. The van der Waals surface area contributed by atoms with Crippen molar-refractivity contribution in [1.29, 1.82) is 0 Å². The summed E-state index contributed by atoms with van der Waals surface area (Å²) in [5.74, 6) is 0. The van der Waals surface area contributed by atoms with Crippen LogP contribution in [0, 0.1) is 0 Å². The molecule has 1 heterocycles. The second-order valence-electron chi connectivity index (χ2n) is 4.52. The van der Waals surface area contributed by atoms with Crippen LogP contribution in [-0.2, 0) is 0 Å². The Kier molecular flexibility index (Phi) is 4.16. The molecule has 1 aliphatic heterocycles. The van der Waals surface area contributed by atoms with E-state index in [2.05, 4.69) is 24.1 Å². The number of nitrogens with one attached hydrogen (secondary N) is 1. The highest BCUT2D eigenvalue weighted by molar-refractivity contribution is 4.86. The summed E-state index contributed by atoms with van der Waals surface area (Å²) in [6.45, 7) is 9.30. The Hall–Kier alpha value is -0.120. The van der Waals surface area contributed by atoms with E-state index in [0.29, 0.717) is 6.61 Å². The van der Waals surface area contributed by atoms with Crippen molar-refractivity contribution in [2.75, 3.05) is 32.8 Å². The lowest BCUT2D eigenvalue weighted by atomic mass is 10.0. The minimum absolute atomic E-state index is 0.261. The zero-order valence-electron chi connectivity index (χ0n) is 8.84. The van der Waals surface area contributed by atoms with Gasteiger partial charge in [-0.1, -0.05) is 0 Å². The molecule has 1 saturated heterocycles. The number of nitrogens with zero attached hydrogens (tertiary/aromatic N) is 1. The van der Waals surface area contributed by atoms with E-state index in [-0.39, 0.29) is 5.54 Å². The van der Waals surface area contributed by atoms with E-state index >= 15 is 0 Å². The van der Waals surface area contributed by atoms with Crippen LogP contribution in [0.4, 0.5) is 0 Å². The minimum atomic E-state index is 0.261. The topological polar surface area (TPSA) is 35.5 Å². The van der Waals surface area contributed by atoms with Crippen LogP contribution < -0.4 is 5.32 Å². The minimum Gasteiger partial charge on any atom is -0.396 e. The average molecular weight is 186 g/mol. The summed E-state index contributed by atoms with van der Waals surface area (Å²) in [5, 5.41) is 12.2. The van der Waals surface area contributed by atoms with Gasteiger partial charge in [-0.3, -0.25) is 0 Å². The first-order valence-electron chi connectivity index (χ1n) is 5.22. The largest absolute Gasteiger partial charge is 0.396 e. The number of hydrogen-bond donors (Lipinski definition) is 2. The highest BCUT2D eigenvalue weighted by atomic mass is 16.2. The molecule has 0 aliphatic carbocycles. The van der Waals surface area contributed by atoms with Gasteiger partial charge in [0.2, 0.25) is 0 Å². The van der Waals surface area contributed by atoms with Gasteiger partial charge in [0.1, 0.15) is 0 Å². The fraction of sp³-hybridized carbons (Fsp3) is 1.00. The fourth-order valence-electron chi connectivity index (χ4n) is 1.88. The fourth-order valence-corrected chi connectivity index (χ4v) is 1.88. The van der Waals surface area contributed by atoms with Crippen LogP contribution in [0.15, 0.2) is 0 Å². The molecule has 0 aromatic heterocycles. The number of aliphatic hydroxyl groups is 1. The first kappa shape index (κ1) is 11.0. The first-order valence-corrected chi connectivity index (χ1v) is 5.22. The maximum absolute atomic E-state index is 8.67. The van der Waals surface area contributed by atoms with Crippen molar-refractivity contribution in [3.63, 3.8) is 0 Å². The molecule has 0 amide bonds. The molecule has 3 heteroatoms. The smallest absolute Gasteiger partial charge is 0.0431 e. The van der Waals surface area contributed by atoms with Crippen molar-refractivity contribution < 1.29 is 5.11 Å². The molecular formula is C10H22N2O. The molecule has 78 valence electrons. The second-order valence-corrected chi connectivity index (χ2v) is 4.52. The standard InChI is InChI=1S/C10H22N2O/c1-10(2)9-12(7-5-11-10)6-3-4-8-13/h11,13H,3-9H2,1-2H3. The van der Waals surface area contributed by atoms with Crippen LogP contribution in [0.1, 0.15) is 26.7 Å². The van der Waals surface area contributed by atoms with Crippen LogP contribution >= 0.6 is 0 Å². The molecule has 0 atom stereocenters. The Labute approximate surface area is 81.1 Å². The van der Waals surface area contributed by atoms with Crippen molar-refractivity contribution in [3.05, 3.63) is 0 Å². The number of hydrogen-bond acceptors (Lipinski definition) is 3. The number of unbranched alkanes of at least 4 members (excludes halogenated alkanes) is 1. The van der Waals surface area contributed by atoms with Crippen molar-refractivity contribution in [1.82, 2.24) is 10.2 Å². The van der Waals surface area contributed by atoms with E-state index in [0.717, 1.165) is 39.0 Å². The maximum atomic E-state index is 8.67. The summed E-state index contributed by atoms with van der Waals surface area (Å²) >= 11 is 0. The number of piperazine rings is 1. The van der Waals surface area contributed by atoms with Crippen LogP contribution in [-0.4, -0.2) is 48.3 Å². The molecule has 0 aromatic carbocycles. The van der Waals surface area contributed by atoms with Gasteiger partial charge in [-0.2, -0.15) is 0 Å². The first-order chi connectivity index (χ1) is 6.14. The number of rotatable bonds is 4. The van der Waals surface area contributed by atoms with Crippen molar-refractivity contribution >= 4 is 0 Å². The zero-order valence-corrected chi connectivity index (χ0v) is 8.84. The van der Waals surface area contributed by atoms with Gasteiger partial charge in [0, 0.05) is 31.8 Å². The maximum Gasteiger partial charge on any atom is 0.0431 e. The molecular weight excluding hydrogens is 164 g/mol. The summed E-state index contributed by atoms with van der Waals surface area (Å²) in [6, 6.07) is 0. The van der Waals surface area contributed by atoms with Crippen LogP contribution in [0.25, 0.3) is 0 Å². The van der Waals surface area contributed by atoms with Gasteiger partial charge >= 0.3 is 0 Å². The Morgan fingerprint density at radius 1 is 1.38 bits per heavy atom. The third-order valence-electron chi connectivity index (χ3n) is 2.53. The van der Waals surface area contributed by atoms with Crippen molar-refractivity contribution in [3.8, 4) is 0 Å². The third-order valence-corrected chi connectivity index (χ3v) is 2.53. The molecule has 1 rings (SSSR count). The van der Waals surface area contributed by atoms with E-state index in [1.807, 2.05) is 0 Å². The van der Waals surface area contributed by atoms with Crippen molar-refractivity contribution in [2.45, 2.75) is 32.2 Å². The lowest BCUT2D eigenvalue weighted by molar-refractivity contribution is 0.149. The van der Waals surface area contributed by atoms with Crippen molar-refractivity contribution in [2.24, 2.45) is 0 Å². The zero-order chi connectivity index (χ0) is 9.73. The Balaban J connectivity index is 2.19. The normalized spacial score (nSPS) is 23.3. The predicted molar refractivity (Wildman–Crippen MR) is 54.8 cm³/mol. The van der Waals surface area contributed by atoms with E-state index in [1.165, 1.54) is 0 Å². The molecule has 0 bridgehead atoms. The summed E-state index contributed by atoms with van der Waals surface area (Å²) in [7, 11) is 0. The molecule has 0 spiro atoms. The van der Waals surface area contributed by atoms with E-state index in [4.69, 9.17) is 5.11 Å². The molecule has 0 radical (unpaired) electrons. The van der Waals surface area contributed by atoms with E-state index in [1.54, 1.807) is 0 Å². The summed E-state index contributed by atoms with van der Waals surface area (Å²) in [6.07, 6.45) is 2.05. The lowest BCUT2D eigenvalue weighted by Crippen LogP contribution is -2.57. The van der Waals surface area contributed by atoms with Gasteiger partial charge in [-0.15, -0.1) is 0 Å².